The number of carbonyl (C=O) groups is 3. The Hall–Kier alpha value is -2.41. The second kappa shape index (κ2) is 9.67. The fourth-order valence-corrected chi connectivity index (χ4v) is 2.20. The topological polar surface area (TPSA) is 98.7 Å². The summed E-state index contributed by atoms with van der Waals surface area (Å²) < 4.78 is 0. The van der Waals surface area contributed by atoms with Gasteiger partial charge in [0.15, 0.2) is 0 Å². The summed E-state index contributed by atoms with van der Waals surface area (Å²) in [5.41, 5.74) is 2.10. The molecule has 0 bridgehead atoms. The van der Waals surface area contributed by atoms with Crippen LogP contribution in [0.2, 0.25) is 0 Å². The first-order valence-electron chi connectivity index (χ1n) is 7.83. The van der Waals surface area contributed by atoms with E-state index in [0.29, 0.717) is 6.54 Å². The first-order chi connectivity index (χ1) is 11.3. The Balaban J connectivity index is 2.55. The molecule has 3 N–H and O–H groups in total. The van der Waals surface area contributed by atoms with E-state index >= 15 is 0 Å². The molecular formula is C17H25N3O4. The van der Waals surface area contributed by atoms with Crippen LogP contribution in [0, 0.1) is 6.92 Å². The number of nitrogens with zero attached hydrogens (tertiary/aromatic N) is 1. The molecule has 1 aromatic carbocycles. The number of aryl methyl sites for hydroxylation is 1. The first-order valence-corrected chi connectivity index (χ1v) is 7.83. The van der Waals surface area contributed by atoms with Gasteiger partial charge in [-0.3, -0.25) is 19.3 Å². The predicted molar refractivity (Wildman–Crippen MR) is 90.4 cm³/mol. The van der Waals surface area contributed by atoms with Gasteiger partial charge in [-0.05, 0) is 19.4 Å². The molecule has 0 spiro atoms. The van der Waals surface area contributed by atoms with Crippen LogP contribution in [0.5, 0.6) is 0 Å². The van der Waals surface area contributed by atoms with Crippen LogP contribution >= 0.6 is 0 Å². The van der Waals surface area contributed by atoms with Crippen LogP contribution in [-0.2, 0) is 20.9 Å². The number of amides is 2. The van der Waals surface area contributed by atoms with Gasteiger partial charge < -0.3 is 15.7 Å². The van der Waals surface area contributed by atoms with E-state index in [1.807, 2.05) is 31.2 Å². The fraction of sp³-hybridized carbons (Fsp3) is 0.471. The standard InChI is InChI=1S/C17H25N3O4/c1-12-5-4-6-15(9-12)10-19-16(22)11-20(13(2)17(23)24)8-7-18-14(3)21/h4-6,9,13H,7-8,10-11H2,1-3H3,(H,18,21)(H,19,22)(H,23,24). The maximum atomic E-state index is 12.1. The number of carboxylic acid groups (broad SMARTS) is 1. The van der Waals surface area contributed by atoms with E-state index in [2.05, 4.69) is 10.6 Å². The van der Waals surface area contributed by atoms with Gasteiger partial charge in [0, 0.05) is 26.6 Å². The molecule has 0 aromatic heterocycles. The van der Waals surface area contributed by atoms with Crippen molar-refractivity contribution in [2.24, 2.45) is 0 Å². The second-order valence-electron chi connectivity index (χ2n) is 5.73. The Labute approximate surface area is 142 Å². The van der Waals surface area contributed by atoms with E-state index in [1.54, 1.807) is 0 Å². The normalized spacial score (nSPS) is 11.8. The summed E-state index contributed by atoms with van der Waals surface area (Å²) in [5.74, 6) is -1.46. The lowest BCUT2D eigenvalue weighted by molar-refractivity contribution is -0.143. The molecule has 0 heterocycles. The molecule has 0 aliphatic heterocycles. The summed E-state index contributed by atoms with van der Waals surface area (Å²) in [5, 5.41) is 14.5. The Kier molecular flexibility index (Phi) is 7.91. The van der Waals surface area contributed by atoms with E-state index in [0.717, 1.165) is 11.1 Å². The van der Waals surface area contributed by atoms with Crippen molar-refractivity contribution in [1.82, 2.24) is 15.5 Å². The smallest absolute Gasteiger partial charge is 0.320 e. The number of hydrogen-bond donors (Lipinski definition) is 3. The summed E-state index contributed by atoms with van der Waals surface area (Å²) in [7, 11) is 0. The largest absolute Gasteiger partial charge is 0.480 e. The molecule has 1 rings (SSSR count). The molecular weight excluding hydrogens is 310 g/mol. The lowest BCUT2D eigenvalue weighted by atomic mass is 10.1. The third-order valence-corrected chi connectivity index (χ3v) is 3.60. The van der Waals surface area contributed by atoms with Crippen LogP contribution in [0.25, 0.3) is 0 Å². The number of carboxylic acids is 1. The van der Waals surface area contributed by atoms with Crippen LogP contribution < -0.4 is 10.6 Å². The zero-order valence-corrected chi connectivity index (χ0v) is 14.3. The summed E-state index contributed by atoms with van der Waals surface area (Å²) in [4.78, 5) is 35.7. The lowest BCUT2D eigenvalue weighted by Crippen LogP contribution is -2.47. The third kappa shape index (κ3) is 7.23. The van der Waals surface area contributed by atoms with Crippen LogP contribution in [-0.4, -0.2) is 53.5 Å². The second-order valence-corrected chi connectivity index (χ2v) is 5.73. The van der Waals surface area contributed by atoms with Crippen LogP contribution in [0.4, 0.5) is 0 Å². The third-order valence-electron chi connectivity index (χ3n) is 3.60. The van der Waals surface area contributed by atoms with Gasteiger partial charge in [-0.15, -0.1) is 0 Å². The SMILES string of the molecule is CC(=O)NCCN(CC(=O)NCc1cccc(C)c1)C(C)C(=O)O. The summed E-state index contributed by atoms with van der Waals surface area (Å²) in [6, 6.07) is 6.98. The number of carbonyl (C=O) groups excluding carboxylic acids is 2. The van der Waals surface area contributed by atoms with Crippen molar-refractivity contribution < 1.29 is 19.5 Å². The minimum atomic E-state index is -1.01. The summed E-state index contributed by atoms with van der Waals surface area (Å²) >= 11 is 0. The summed E-state index contributed by atoms with van der Waals surface area (Å²) in [6.07, 6.45) is 0. The first kappa shape index (κ1) is 19.6. The quantitative estimate of drug-likeness (QED) is 0.611. The minimum absolute atomic E-state index is 0.0428. The zero-order valence-electron chi connectivity index (χ0n) is 14.3. The molecule has 24 heavy (non-hydrogen) atoms. The van der Waals surface area contributed by atoms with Gasteiger partial charge >= 0.3 is 5.97 Å². The zero-order chi connectivity index (χ0) is 18.1. The molecule has 1 aromatic rings. The molecule has 2 amide bonds. The number of nitrogens with one attached hydrogen (secondary N) is 2. The minimum Gasteiger partial charge on any atom is -0.480 e. The Morgan fingerprint density at radius 2 is 1.96 bits per heavy atom. The monoisotopic (exact) mass is 335 g/mol. The average Bonchev–Trinajstić information content (AvgIpc) is 2.51. The van der Waals surface area contributed by atoms with Crippen molar-refractivity contribution in [1.29, 1.82) is 0 Å². The Bertz CT molecular complexity index is 589. The highest BCUT2D eigenvalue weighted by atomic mass is 16.4. The van der Waals surface area contributed by atoms with Crippen molar-refractivity contribution in [2.45, 2.75) is 33.4 Å². The van der Waals surface area contributed by atoms with Crippen molar-refractivity contribution in [3.8, 4) is 0 Å². The highest BCUT2D eigenvalue weighted by Gasteiger charge is 2.22. The molecule has 132 valence electrons. The van der Waals surface area contributed by atoms with Crippen molar-refractivity contribution >= 4 is 17.8 Å². The van der Waals surface area contributed by atoms with Gasteiger partial charge in [0.05, 0.1) is 6.54 Å². The number of aliphatic carboxylic acids is 1. The maximum absolute atomic E-state index is 12.1. The fourth-order valence-electron chi connectivity index (χ4n) is 2.20. The average molecular weight is 335 g/mol. The molecule has 1 atom stereocenters. The molecule has 0 saturated heterocycles. The molecule has 7 heteroatoms. The van der Waals surface area contributed by atoms with E-state index in [1.165, 1.54) is 18.7 Å². The lowest BCUT2D eigenvalue weighted by Gasteiger charge is -2.25. The molecule has 0 fully saturated rings. The van der Waals surface area contributed by atoms with Crippen molar-refractivity contribution in [2.75, 3.05) is 19.6 Å². The van der Waals surface area contributed by atoms with Gasteiger partial charge in [0.1, 0.15) is 6.04 Å². The van der Waals surface area contributed by atoms with Gasteiger partial charge in [-0.2, -0.15) is 0 Å². The van der Waals surface area contributed by atoms with Gasteiger partial charge in [-0.1, -0.05) is 29.8 Å². The molecule has 0 aliphatic carbocycles. The van der Waals surface area contributed by atoms with Crippen LogP contribution in [0.15, 0.2) is 24.3 Å². The van der Waals surface area contributed by atoms with Gasteiger partial charge in [0.2, 0.25) is 11.8 Å². The molecule has 0 radical (unpaired) electrons. The highest BCUT2D eigenvalue weighted by Crippen LogP contribution is 2.04. The van der Waals surface area contributed by atoms with E-state index in [9.17, 15) is 14.4 Å². The van der Waals surface area contributed by atoms with Crippen LogP contribution in [0.3, 0.4) is 0 Å². The molecule has 7 nitrogen and oxygen atoms in total. The number of benzene rings is 1. The summed E-state index contributed by atoms with van der Waals surface area (Å²) in [6.45, 7) is 5.80. The van der Waals surface area contributed by atoms with E-state index in [4.69, 9.17) is 5.11 Å². The van der Waals surface area contributed by atoms with E-state index in [-0.39, 0.29) is 31.4 Å². The van der Waals surface area contributed by atoms with Gasteiger partial charge in [0.25, 0.3) is 0 Å². The number of rotatable bonds is 9. The highest BCUT2D eigenvalue weighted by molar-refractivity contribution is 5.79. The van der Waals surface area contributed by atoms with Crippen LogP contribution in [0.1, 0.15) is 25.0 Å². The Morgan fingerprint density at radius 1 is 1.25 bits per heavy atom. The van der Waals surface area contributed by atoms with Gasteiger partial charge in [-0.25, -0.2) is 0 Å². The molecule has 1 unspecified atom stereocenters. The van der Waals surface area contributed by atoms with E-state index < -0.39 is 12.0 Å². The molecule has 0 saturated carbocycles. The Morgan fingerprint density at radius 3 is 2.54 bits per heavy atom. The molecule has 0 aliphatic rings. The van der Waals surface area contributed by atoms with Crippen molar-refractivity contribution in [3.05, 3.63) is 35.4 Å². The van der Waals surface area contributed by atoms with Crippen molar-refractivity contribution in [3.63, 3.8) is 0 Å². The maximum Gasteiger partial charge on any atom is 0.320 e. The predicted octanol–water partition coefficient (Wildman–Crippen LogP) is 0.522. The number of hydrogen-bond acceptors (Lipinski definition) is 4.